The summed E-state index contributed by atoms with van der Waals surface area (Å²) in [5, 5.41) is 0. The molecule has 1 rings (SSSR count). The molecule has 170 valence electrons. The molecule has 0 heterocycles. The molecule has 0 spiro atoms. The van der Waals surface area contributed by atoms with Crippen LogP contribution in [0.5, 0.6) is 0 Å². The number of amides is 1. The van der Waals surface area contributed by atoms with Gasteiger partial charge in [-0.1, -0.05) is 0 Å². The van der Waals surface area contributed by atoms with E-state index in [1.165, 1.54) is 51.8 Å². The van der Waals surface area contributed by atoms with Crippen LogP contribution in [0.3, 0.4) is 0 Å². The molecule has 30 heavy (non-hydrogen) atoms. The molecule has 0 saturated heterocycles. The second-order valence-corrected chi connectivity index (χ2v) is 22.9. The van der Waals surface area contributed by atoms with Crippen LogP contribution in [0.1, 0.15) is 73.1 Å². The minimum atomic E-state index is -2.43. The third-order valence-corrected chi connectivity index (χ3v) is 23.3. The zero-order chi connectivity index (χ0) is 22.4. The molecular weight excluding hydrogens is 545 g/mol. The molecule has 1 amide bonds. The van der Waals surface area contributed by atoms with Gasteiger partial charge in [0, 0.05) is 0 Å². The van der Waals surface area contributed by atoms with Crippen molar-refractivity contribution < 1.29 is 9.53 Å². The predicted molar refractivity (Wildman–Crippen MR) is 137 cm³/mol. The zero-order valence-corrected chi connectivity index (χ0v) is 24.2. The number of nitrogens with zero attached hydrogens (tertiary/aromatic N) is 1. The summed E-state index contributed by atoms with van der Waals surface area (Å²) >= 11 is 1.18. The van der Waals surface area contributed by atoms with Crippen LogP contribution in [0.25, 0.3) is 0 Å². The Morgan fingerprint density at radius 2 is 1.53 bits per heavy atom. The van der Waals surface area contributed by atoms with Gasteiger partial charge in [0.05, 0.1) is 0 Å². The number of unbranched alkanes of at least 4 members (excludes halogenated alkanes) is 3. The molecule has 1 aromatic rings. The van der Waals surface area contributed by atoms with Gasteiger partial charge in [0.2, 0.25) is 0 Å². The van der Waals surface area contributed by atoms with E-state index in [1.54, 1.807) is 8.49 Å². The molecule has 0 fully saturated rings. The van der Waals surface area contributed by atoms with E-state index in [0.29, 0.717) is 13.2 Å². The molecule has 0 N–H and O–H groups in total. The number of anilines is 1. The zero-order valence-electron chi connectivity index (χ0n) is 19.8. The van der Waals surface area contributed by atoms with Crippen LogP contribution in [-0.2, 0) is 4.74 Å². The van der Waals surface area contributed by atoms with Gasteiger partial charge in [0.1, 0.15) is 0 Å². The summed E-state index contributed by atoms with van der Waals surface area (Å²) in [4.78, 5) is 14.5. The Morgan fingerprint density at radius 1 is 1.00 bits per heavy atom. The number of carbonyl (C=O) groups is 1. The number of hydrogen-bond acceptors (Lipinski definition) is 2. The number of benzene rings is 1. The molecule has 5 heteroatoms. The summed E-state index contributed by atoms with van der Waals surface area (Å²) in [6.45, 7) is 12.1. The summed E-state index contributed by atoms with van der Waals surface area (Å²) in [6, 6.07) is 7.90. The van der Waals surface area contributed by atoms with E-state index in [2.05, 4.69) is 49.7 Å². The summed E-state index contributed by atoms with van der Waals surface area (Å²) in [7, 11) is 0. The van der Waals surface area contributed by atoms with Gasteiger partial charge in [0.25, 0.3) is 0 Å². The van der Waals surface area contributed by atoms with E-state index in [0.717, 1.165) is 10.2 Å². The normalized spacial score (nSPS) is 12.1. The van der Waals surface area contributed by atoms with Gasteiger partial charge in [-0.05, 0) is 0 Å². The Labute approximate surface area is 197 Å². The SMILES string of the molecule is CCC[CH2][Sn]([CH2]CCC)([CH2]CCC)/[C](C)=C/CN(C(=O)OCC)c1ccccc1Br. The molecule has 0 aromatic heterocycles. The Bertz CT molecular complexity index is 641. The van der Waals surface area contributed by atoms with Gasteiger partial charge < -0.3 is 0 Å². The van der Waals surface area contributed by atoms with Crippen molar-refractivity contribution in [3.8, 4) is 0 Å². The number of allylic oxidation sites excluding steroid dienone is 1. The molecule has 0 aliphatic rings. The van der Waals surface area contributed by atoms with E-state index in [-0.39, 0.29) is 6.09 Å². The fraction of sp³-hybridized carbons (Fsp3) is 0.640. The van der Waals surface area contributed by atoms with E-state index in [4.69, 9.17) is 4.74 Å². The molecule has 0 radical (unpaired) electrons. The third-order valence-electron chi connectivity index (χ3n) is 6.07. The van der Waals surface area contributed by atoms with Crippen LogP contribution in [-0.4, -0.2) is 37.6 Å². The Morgan fingerprint density at radius 3 is 2.00 bits per heavy atom. The molecule has 0 saturated carbocycles. The second-order valence-electron chi connectivity index (χ2n) is 8.24. The number of rotatable bonds is 14. The molecule has 3 nitrogen and oxygen atoms in total. The standard InChI is InChI=1S/C13H15BrNO2.3C4H9.Sn/c1-3-5-10-15(13(16)17-4-2)12-9-7-6-8-11(12)14;3*1-3-4-2;/h5-9H,4,10H2,1-2H3;3*1,3-4H2,2H3;. The molecule has 0 aliphatic carbocycles. The van der Waals surface area contributed by atoms with Gasteiger partial charge in [-0.25, -0.2) is 0 Å². The van der Waals surface area contributed by atoms with E-state index in [9.17, 15) is 4.79 Å². The quantitative estimate of drug-likeness (QED) is 0.204. The third kappa shape index (κ3) is 8.56. The Hall–Kier alpha value is -0.491. The summed E-state index contributed by atoms with van der Waals surface area (Å²) in [5.41, 5.74) is 0.872. The first kappa shape index (κ1) is 27.5. The summed E-state index contributed by atoms with van der Waals surface area (Å²) < 4.78 is 12.3. The van der Waals surface area contributed by atoms with Crippen LogP contribution in [0.4, 0.5) is 10.5 Å². The maximum absolute atomic E-state index is 12.7. The molecule has 0 bridgehead atoms. The molecule has 1 aromatic carbocycles. The number of ether oxygens (including phenoxy) is 1. The fourth-order valence-electron chi connectivity index (χ4n) is 4.10. The van der Waals surface area contributed by atoms with Crippen LogP contribution >= 0.6 is 15.9 Å². The topological polar surface area (TPSA) is 29.5 Å². The van der Waals surface area contributed by atoms with Crippen molar-refractivity contribution in [1.29, 1.82) is 0 Å². The van der Waals surface area contributed by atoms with Gasteiger partial charge in [0.15, 0.2) is 0 Å². The second kappa shape index (κ2) is 15.3. The average Bonchev–Trinajstić information content (AvgIpc) is 2.75. The van der Waals surface area contributed by atoms with Crippen molar-refractivity contribution in [2.24, 2.45) is 0 Å². The Balaban J connectivity index is 3.22. The Kier molecular flexibility index (Phi) is 14.1. The fourth-order valence-corrected chi connectivity index (χ4v) is 20.4. The van der Waals surface area contributed by atoms with Gasteiger partial charge in [-0.2, -0.15) is 0 Å². The van der Waals surface area contributed by atoms with E-state index < -0.39 is 18.4 Å². The molecule has 0 aliphatic heterocycles. The van der Waals surface area contributed by atoms with E-state index in [1.807, 2.05) is 31.2 Å². The predicted octanol–water partition coefficient (Wildman–Crippen LogP) is 8.75. The van der Waals surface area contributed by atoms with Crippen molar-refractivity contribution in [2.45, 2.75) is 86.5 Å². The number of halogens is 1. The first-order valence-corrected chi connectivity index (χ1v) is 20.1. The van der Waals surface area contributed by atoms with Gasteiger partial charge >= 0.3 is 199 Å². The van der Waals surface area contributed by atoms with Gasteiger partial charge in [-0.3, -0.25) is 0 Å². The van der Waals surface area contributed by atoms with Crippen molar-refractivity contribution in [3.05, 3.63) is 38.4 Å². The van der Waals surface area contributed by atoms with Crippen LogP contribution in [0, 0.1) is 0 Å². The summed E-state index contributed by atoms with van der Waals surface area (Å²) in [6.07, 6.45) is 9.96. The number of hydrogen-bond donors (Lipinski definition) is 0. The first-order valence-electron chi connectivity index (χ1n) is 11.8. The van der Waals surface area contributed by atoms with Crippen molar-refractivity contribution >= 4 is 46.1 Å². The number of para-hydroxylation sites is 1. The van der Waals surface area contributed by atoms with Crippen molar-refractivity contribution in [1.82, 2.24) is 0 Å². The molecular formula is C25H42BrNO2Sn. The molecule has 0 unspecified atom stereocenters. The van der Waals surface area contributed by atoms with Crippen LogP contribution < -0.4 is 4.90 Å². The van der Waals surface area contributed by atoms with E-state index >= 15 is 0 Å². The average molecular weight is 587 g/mol. The molecule has 0 atom stereocenters. The van der Waals surface area contributed by atoms with Crippen molar-refractivity contribution in [3.63, 3.8) is 0 Å². The van der Waals surface area contributed by atoms with Gasteiger partial charge in [-0.15, -0.1) is 0 Å². The van der Waals surface area contributed by atoms with Crippen LogP contribution in [0.2, 0.25) is 13.3 Å². The monoisotopic (exact) mass is 587 g/mol. The maximum atomic E-state index is 12.7. The van der Waals surface area contributed by atoms with Crippen LogP contribution in [0.15, 0.2) is 38.4 Å². The van der Waals surface area contributed by atoms with Crippen molar-refractivity contribution in [2.75, 3.05) is 18.1 Å². The number of carbonyl (C=O) groups excluding carboxylic acids is 1. The minimum absolute atomic E-state index is 0.273. The first-order chi connectivity index (χ1) is 14.5. The summed E-state index contributed by atoms with van der Waals surface area (Å²) in [5.74, 6) is 0.